The van der Waals surface area contributed by atoms with Crippen LogP contribution < -0.4 is 4.74 Å². The molecule has 2 aromatic heterocycles. The van der Waals surface area contributed by atoms with Crippen molar-refractivity contribution >= 4 is 23.3 Å². The molecule has 0 saturated carbocycles. The van der Waals surface area contributed by atoms with Crippen LogP contribution in [0, 0.1) is 0 Å². The third kappa shape index (κ3) is 2.75. The minimum absolute atomic E-state index is 0.0683. The lowest BCUT2D eigenvalue weighted by atomic mass is 10.4. The number of carbonyl (C=O) groups excluding carboxylic acids is 2. The van der Waals surface area contributed by atoms with E-state index in [-0.39, 0.29) is 6.01 Å². The van der Waals surface area contributed by atoms with Crippen LogP contribution in [-0.4, -0.2) is 28.6 Å². The van der Waals surface area contributed by atoms with Gasteiger partial charge in [0.2, 0.25) is 0 Å². The van der Waals surface area contributed by atoms with Crippen molar-refractivity contribution in [1.29, 1.82) is 0 Å². The van der Waals surface area contributed by atoms with Crippen LogP contribution in [0.25, 0.3) is 0 Å². The van der Waals surface area contributed by atoms with Crippen LogP contribution in [0.2, 0.25) is 0 Å². The first-order valence-electron chi connectivity index (χ1n) is 5.04. The second kappa shape index (κ2) is 5.46. The van der Waals surface area contributed by atoms with Crippen molar-refractivity contribution in [2.75, 3.05) is 7.11 Å². The minimum Gasteiger partial charge on any atom is -0.461 e. The average Bonchev–Trinajstić information content (AvgIpc) is 3.01. The largest absolute Gasteiger partial charge is 0.461 e. The van der Waals surface area contributed by atoms with Crippen LogP contribution in [0.5, 0.6) is 6.01 Å². The van der Waals surface area contributed by atoms with E-state index in [0.29, 0.717) is 6.54 Å². The Morgan fingerprint density at radius 1 is 1.44 bits per heavy atom. The maximum Gasteiger partial charge on any atom is 0.425 e. The minimum atomic E-state index is -1.09. The number of methoxy groups -OCH3 is 1. The van der Waals surface area contributed by atoms with E-state index in [1.165, 1.54) is 6.20 Å². The molecule has 0 unspecified atom stereocenters. The molecule has 0 saturated heterocycles. The molecule has 94 valence electrons. The lowest BCUT2D eigenvalue weighted by Gasteiger charge is -2.05. The summed E-state index contributed by atoms with van der Waals surface area (Å²) in [5, 5.41) is 1.95. The van der Waals surface area contributed by atoms with Crippen molar-refractivity contribution in [2.45, 2.75) is 6.54 Å². The summed E-state index contributed by atoms with van der Waals surface area (Å²) in [4.78, 5) is 27.1. The molecule has 0 fully saturated rings. The van der Waals surface area contributed by atoms with Gasteiger partial charge in [0.05, 0.1) is 13.7 Å². The first-order valence-corrected chi connectivity index (χ1v) is 5.92. The number of hydrogen-bond acceptors (Lipinski definition) is 6. The standard InChI is InChI=1S/C11H10N2O4S/c1-16-9(14)10(15)17-11-12-4-5-13(11)7-8-3-2-6-18-8/h2-6H,7H2,1H3. The Hall–Kier alpha value is -2.15. The lowest BCUT2D eigenvalue weighted by molar-refractivity contribution is -0.160. The Morgan fingerprint density at radius 3 is 2.94 bits per heavy atom. The Labute approximate surface area is 107 Å². The highest BCUT2D eigenvalue weighted by Gasteiger charge is 2.19. The van der Waals surface area contributed by atoms with Crippen LogP contribution in [0.15, 0.2) is 29.9 Å². The van der Waals surface area contributed by atoms with Crippen molar-refractivity contribution < 1.29 is 19.1 Å². The normalized spacial score (nSPS) is 10.1. The molecular weight excluding hydrogens is 256 g/mol. The van der Waals surface area contributed by atoms with E-state index < -0.39 is 11.9 Å². The summed E-state index contributed by atoms with van der Waals surface area (Å²) in [6, 6.07) is 3.95. The molecule has 0 aliphatic rings. The van der Waals surface area contributed by atoms with E-state index in [1.54, 1.807) is 22.1 Å². The predicted octanol–water partition coefficient (Wildman–Crippen LogP) is 1.07. The van der Waals surface area contributed by atoms with E-state index in [1.807, 2.05) is 17.5 Å². The quantitative estimate of drug-likeness (QED) is 0.614. The molecule has 2 aromatic rings. The fourth-order valence-corrected chi connectivity index (χ4v) is 2.00. The highest BCUT2D eigenvalue weighted by molar-refractivity contribution is 7.09. The Bertz CT molecular complexity index is 547. The number of carbonyl (C=O) groups is 2. The number of thiophene rings is 1. The van der Waals surface area contributed by atoms with Gasteiger partial charge in [-0.2, -0.15) is 0 Å². The van der Waals surface area contributed by atoms with E-state index in [2.05, 4.69) is 9.72 Å². The monoisotopic (exact) mass is 266 g/mol. The number of nitrogens with zero attached hydrogens (tertiary/aromatic N) is 2. The number of ether oxygens (including phenoxy) is 2. The first-order chi connectivity index (χ1) is 8.70. The zero-order valence-electron chi connectivity index (χ0n) is 9.53. The van der Waals surface area contributed by atoms with Crippen LogP contribution in [-0.2, 0) is 20.9 Å². The summed E-state index contributed by atoms with van der Waals surface area (Å²) >= 11 is 1.58. The van der Waals surface area contributed by atoms with Crippen LogP contribution in [0.3, 0.4) is 0 Å². The van der Waals surface area contributed by atoms with Crippen molar-refractivity contribution in [3.63, 3.8) is 0 Å². The zero-order chi connectivity index (χ0) is 13.0. The van der Waals surface area contributed by atoms with Crippen LogP contribution >= 0.6 is 11.3 Å². The fourth-order valence-electron chi connectivity index (χ4n) is 1.30. The number of imidazole rings is 1. The SMILES string of the molecule is COC(=O)C(=O)Oc1nccn1Cc1cccs1. The third-order valence-corrected chi connectivity index (χ3v) is 2.98. The molecule has 0 spiro atoms. The highest BCUT2D eigenvalue weighted by atomic mass is 32.1. The summed E-state index contributed by atoms with van der Waals surface area (Å²) in [5.74, 6) is -2.14. The second-order valence-electron chi connectivity index (χ2n) is 3.30. The molecule has 0 atom stereocenters. The molecule has 2 rings (SSSR count). The van der Waals surface area contributed by atoms with Gasteiger partial charge >= 0.3 is 17.9 Å². The van der Waals surface area contributed by atoms with Gasteiger partial charge in [-0.15, -0.1) is 11.3 Å². The lowest BCUT2D eigenvalue weighted by Crippen LogP contribution is -2.23. The van der Waals surface area contributed by atoms with Gasteiger partial charge in [-0.3, -0.25) is 4.57 Å². The number of aromatic nitrogens is 2. The van der Waals surface area contributed by atoms with Crippen molar-refractivity contribution in [3.05, 3.63) is 34.8 Å². The van der Waals surface area contributed by atoms with Gasteiger partial charge < -0.3 is 9.47 Å². The molecule has 6 nitrogen and oxygen atoms in total. The van der Waals surface area contributed by atoms with E-state index in [4.69, 9.17) is 4.74 Å². The maximum atomic E-state index is 11.2. The Balaban J connectivity index is 2.08. The maximum absolute atomic E-state index is 11.2. The molecule has 0 bridgehead atoms. The predicted molar refractivity (Wildman–Crippen MR) is 63.3 cm³/mol. The number of rotatable bonds is 3. The van der Waals surface area contributed by atoms with Gasteiger partial charge in [0, 0.05) is 17.3 Å². The smallest absolute Gasteiger partial charge is 0.425 e. The Morgan fingerprint density at radius 2 is 2.28 bits per heavy atom. The summed E-state index contributed by atoms with van der Waals surface area (Å²) in [5.41, 5.74) is 0. The summed E-state index contributed by atoms with van der Waals surface area (Å²) < 4.78 is 10.7. The van der Waals surface area contributed by atoms with E-state index in [0.717, 1.165) is 12.0 Å². The van der Waals surface area contributed by atoms with Gasteiger partial charge in [-0.1, -0.05) is 6.07 Å². The summed E-state index contributed by atoms with van der Waals surface area (Å²) in [6.45, 7) is 0.529. The van der Waals surface area contributed by atoms with Gasteiger partial charge in [0.15, 0.2) is 0 Å². The number of hydrogen-bond donors (Lipinski definition) is 0. The molecule has 0 N–H and O–H groups in total. The second-order valence-corrected chi connectivity index (χ2v) is 4.33. The van der Waals surface area contributed by atoms with Crippen LogP contribution in [0.1, 0.15) is 4.88 Å². The van der Waals surface area contributed by atoms with Crippen molar-refractivity contribution in [1.82, 2.24) is 9.55 Å². The molecule has 0 amide bonds. The fraction of sp³-hybridized carbons (Fsp3) is 0.182. The van der Waals surface area contributed by atoms with Gasteiger partial charge in [0.25, 0.3) is 0 Å². The zero-order valence-corrected chi connectivity index (χ0v) is 10.3. The van der Waals surface area contributed by atoms with Crippen molar-refractivity contribution in [2.24, 2.45) is 0 Å². The molecule has 18 heavy (non-hydrogen) atoms. The van der Waals surface area contributed by atoms with Gasteiger partial charge in [-0.05, 0) is 11.4 Å². The molecule has 0 radical (unpaired) electrons. The highest BCUT2D eigenvalue weighted by Crippen LogP contribution is 2.15. The topological polar surface area (TPSA) is 70.4 Å². The molecule has 0 aliphatic carbocycles. The average molecular weight is 266 g/mol. The van der Waals surface area contributed by atoms with Crippen LogP contribution in [0.4, 0.5) is 0 Å². The van der Waals surface area contributed by atoms with E-state index >= 15 is 0 Å². The molecule has 0 aliphatic heterocycles. The summed E-state index contributed by atoms with van der Waals surface area (Å²) in [7, 11) is 1.11. The van der Waals surface area contributed by atoms with Gasteiger partial charge in [-0.25, -0.2) is 14.6 Å². The Kier molecular flexibility index (Phi) is 3.73. The number of esters is 2. The molecule has 0 aromatic carbocycles. The molecule has 2 heterocycles. The summed E-state index contributed by atoms with van der Waals surface area (Å²) in [6.07, 6.45) is 3.16. The molecular formula is C11H10N2O4S. The van der Waals surface area contributed by atoms with Gasteiger partial charge in [0.1, 0.15) is 0 Å². The third-order valence-electron chi connectivity index (χ3n) is 2.12. The van der Waals surface area contributed by atoms with Crippen molar-refractivity contribution in [3.8, 4) is 6.01 Å². The first kappa shape index (κ1) is 12.3. The molecule has 7 heteroatoms. The van der Waals surface area contributed by atoms with E-state index in [9.17, 15) is 9.59 Å².